The monoisotopic (exact) mass is 443 g/mol. The maximum Gasteiger partial charge on any atom is 0.252 e. The number of rotatable bonds is 6. The average molecular weight is 444 g/mol. The van der Waals surface area contributed by atoms with Crippen LogP contribution in [-0.2, 0) is 6.54 Å². The minimum atomic E-state index is -2.08. The fourth-order valence-corrected chi connectivity index (χ4v) is 4.74. The Balaban J connectivity index is 1.97. The van der Waals surface area contributed by atoms with Gasteiger partial charge >= 0.3 is 0 Å². The molecule has 3 aromatic carbocycles. The summed E-state index contributed by atoms with van der Waals surface area (Å²) < 4.78 is 14.8. The molecule has 0 spiro atoms. The van der Waals surface area contributed by atoms with Crippen LogP contribution in [0.5, 0.6) is 11.6 Å². The Morgan fingerprint density at radius 1 is 0.812 bits per heavy atom. The Hall–Kier alpha value is -2.98. The molecule has 0 amide bonds. The molecule has 0 saturated heterocycles. The summed E-state index contributed by atoms with van der Waals surface area (Å²) >= 11 is 0. The summed E-state index contributed by atoms with van der Waals surface area (Å²) in [7, 11) is -0.384. The van der Waals surface area contributed by atoms with Crippen molar-refractivity contribution in [3.05, 3.63) is 84.4 Å². The normalized spacial score (nSPS) is 12.2. The van der Waals surface area contributed by atoms with Crippen molar-refractivity contribution in [1.82, 2.24) is 4.57 Å². The Labute approximate surface area is 192 Å². The molecule has 0 aliphatic carbocycles. The smallest absolute Gasteiger partial charge is 0.252 e. The maximum absolute atomic E-state index is 7.07. The second kappa shape index (κ2) is 8.51. The highest BCUT2D eigenvalue weighted by molar-refractivity contribution is 6.74. The van der Waals surface area contributed by atoms with Gasteiger partial charge in [0.2, 0.25) is 0 Å². The van der Waals surface area contributed by atoms with E-state index < -0.39 is 8.32 Å². The van der Waals surface area contributed by atoms with Crippen LogP contribution >= 0.6 is 0 Å². The van der Waals surface area contributed by atoms with E-state index in [1.54, 1.807) is 7.11 Å². The Kier molecular flexibility index (Phi) is 5.91. The SMILES string of the molecule is COc1ccc(-c2c(O[Si](C)(C)C(C)(C)C)n(Cc3ccccc3)c3ccccc23)cc1. The molecule has 0 aliphatic rings. The quantitative estimate of drug-likeness (QED) is 0.284. The van der Waals surface area contributed by atoms with E-state index in [1.165, 1.54) is 16.5 Å². The lowest BCUT2D eigenvalue weighted by molar-refractivity contribution is 0.415. The number of hydrogen-bond acceptors (Lipinski definition) is 2. The molecule has 1 heterocycles. The Morgan fingerprint density at radius 3 is 2.06 bits per heavy atom. The topological polar surface area (TPSA) is 23.4 Å². The molecule has 0 N–H and O–H groups in total. The van der Waals surface area contributed by atoms with Crippen LogP contribution in [0, 0.1) is 0 Å². The molecule has 4 rings (SSSR count). The van der Waals surface area contributed by atoms with Gasteiger partial charge in [0.15, 0.2) is 5.88 Å². The second-order valence-electron chi connectivity index (χ2n) is 9.86. The van der Waals surface area contributed by atoms with Crippen LogP contribution in [0.25, 0.3) is 22.0 Å². The number of ether oxygens (including phenoxy) is 1. The molecular weight excluding hydrogens is 410 g/mol. The first-order valence-corrected chi connectivity index (χ1v) is 14.1. The molecule has 1 aromatic heterocycles. The molecule has 32 heavy (non-hydrogen) atoms. The van der Waals surface area contributed by atoms with Crippen molar-refractivity contribution in [2.75, 3.05) is 7.11 Å². The lowest BCUT2D eigenvalue weighted by Crippen LogP contribution is -2.44. The summed E-state index contributed by atoms with van der Waals surface area (Å²) in [5, 5.41) is 1.31. The van der Waals surface area contributed by atoms with Gasteiger partial charge < -0.3 is 13.7 Å². The molecule has 0 bridgehead atoms. The molecule has 0 unspecified atom stereocenters. The third-order valence-corrected chi connectivity index (χ3v) is 11.0. The van der Waals surface area contributed by atoms with Crippen LogP contribution in [0.1, 0.15) is 26.3 Å². The first-order chi connectivity index (χ1) is 15.2. The van der Waals surface area contributed by atoms with E-state index in [0.29, 0.717) is 0 Å². The van der Waals surface area contributed by atoms with Crippen molar-refractivity contribution >= 4 is 19.2 Å². The molecule has 4 heteroatoms. The van der Waals surface area contributed by atoms with Crippen molar-refractivity contribution in [3.63, 3.8) is 0 Å². The van der Waals surface area contributed by atoms with Crippen LogP contribution in [-0.4, -0.2) is 20.0 Å². The molecule has 0 fully saturated rings. The third kappa shape index (κ3) is 4.20. The second-order valence-corrected chi connectivity index (χ2v) is 14.6. The van der Waals surface area contributed by atoms with Gasteiger partial charge in [-0.2, -0.15) is 0 Å². The molecule has 0 aliphatic heterocycles. The van der Waals surface area contributed by atoms with Crippen molar-refractivity contribution in [3.8, 4) is 22.8 Å². The molecule has 0 atom stereocenters. The van der Waals surface area contributed by atoms with Crippen LogP contribution in [0.15, 0.2) is 78.9 Å². The third-order valence-electron chi connectivity index (χ3n) is 6.64. The summed E-state index contributed by atoms with van der Waals surface area (Å²) in [6, 6.07) is 27.5. The minimum absolute atomic E-state index is 0.0954. The number of benzene rings is 3. The number of nitrogens with zero attached hydrogens (tertiary/aromatic N) is 1. The zero-order valence-corrected chi connectivity index (χ0v) is 21.0. The Morgan fingerprint density at radius 2 is 1.44 bits per heavy atom. The van der Waals surface area contributed by atoms with Gasteiger partial charge in [-0.25, -0.2) is 0 Å². The van der Waals surface area contributed by atoms with Crippen molar-refractivity contribution < 1.29 is 9.16 Å². The zero-order valence-electron chi connectivity index (χ0n) is 20.0. The average Bonchev–Trinajstić information content (AvgIpc) is 3.06. The van der Waals surface area contributed by atoms with E-state index in [2.05, 4.69) is 105 Å². The largest absolute Gasteiger partial charge is 0.531 e. The molecule has 3 nitrogen and oxygen atoms in total. The standard InChI is InChI=1S/C28H33NO2Si/c1-28(2,3)32(5,6)31-27-26(22-16-18-23(30-4)19-17-22)24-14-10-11-15-25(24)29(27)20-21-12-8-7-9-13-21/h7-19H,20H2,1-6H3. The van der Waals surface area contributed by atoms with Crippen LogP contribution in [0.2, 0.25) is 18.1 Å². The van der Waals surface area contributed by atoms with Gasteiger partial charge in [-0.05, 0) is 47.5 Å². The number of methoxy groups -OCH3 is 1. The van der Waals surface area contributed by atoms with Crippen LogP contribution in [0.4, 0.5) is 0 Å². The number of hydrogen-bond donors (Lipinski definition) is 0. The Bertz CT molecular complexity index is 1200. The summed E-state index contributed by atoms with van der Waals surface area (Å²) in [5.41, 5.74) is 4.75. The van der Waals surface area contributed by atoms with E-state index in [1.807, 2.05) is 12.1 Å². The van der Waals surface area contributed by atoms with Gasteiger partial charge in [-0.15, -0.1) is 0 Å². The van der Waals surface area contributed by atoms with Crippen molar-refractivity contribution in [1.29, 1.82) is 0 Å². The van der Waals surface area contributed by atoms with E-state index in [0.717, 1.165) is 29.3 Å². The molecule has 0 saturated carbocycles. The van der Waals surface area contributed by atoms with Crippen LogP contribution in [0.3, 0.4) is 0 Å². The molecular formula is C28H33NO2Si. The zero-order chi connectivity index (χ0) is 22.9. The highest BCUT2D eigenvalue weighted by atomic mass is 28.4. The highest BCUT2D eigenvalue weighted by Gasteiger charge is 2.40. The van der Waals surface area contributed by atoms with Gasteiger partial charge in [0.05, 0.1) is 24.7 Å². The van der Waals surface area contributed by atoms with Gasteiger partial charge in [0.1, 0.15) is 5.75 Å². The predicted molar refractivity (Wildman–Crippen MR) is 137 cm³/mol. The molecule has 4 aromatic rings. The molecule has 166 valence electrons. The van der Waals surface area contributed by atoms with Crippen molar-refractivity contribution in [2.24, 2.45) is 0 Å². The number of para-hydroxylation sites is 1. The maximum atomic E-state index is 7.07. The number of aromatic nitrogens is 1. The predicted octanol–water partition coefficient (Wildman–Crippen LogP) is 7.75. The first kappa shape index (κ1) is 22.2. The van der Waals surface area contributed by atoms with E-state index in [-0.39, 0.29) is 5.04 Å². The fraction of sp³-hybridized carbons (Fsp3) is 0.286. The lowest BCUT2D eigenvalue weighted by Gasteiger charge is -2.37. The van der Waals surface area contributed by atoms with Gasteiger partial charge in [-0.1, -0.05) is 81.4 Å². The van der Waals surface area contributed by atoms with Gasteiger partial charge in [-0.3, -0.25) is 0 Å². The summed E-state index contributed by atoms with van der Waals surface area (Å²) in [6.45, 7) is 12.3. The van der Waals surface area contributed by atoms with E-state index >= 15 is 0 Å². The minimum Gasteiger partial charge on any atom is -0.531 e. The van der Waals surface area contributed by atoms with Gasteiger partial charge in [0.25, 0.3) is 8.32 Å². The van der Waals surface area contributed by atoms with Crippen molar-refractivity contribution in [2.45, 2.75) is 45.4 Å². The lowest BCUT2D eigenvalue weighted by atomic mass is 10.0. The van der Waals surface area contributed by atoms with E-state index in [4.69, 9.17) is 9.16 Å². The van der Waals surface area contributed by atoms with E-state index in [9.17, 15) is 0 Å². The summed E-state index contributed by atoms with van der Waals surface area (Å²) in [5.74, 6) is 1.82. The highest BCUT2D eigenvalue weighted by Crippen LogP contribution is 2.45. The summed E-state index contributed by atoms with van der Waals surface area (Å²) in [4.78, 5) is 0. The molecule has 0 radical (unpaired) electrons. The first-order valence-electron chi connectivity index (χ1n) is 11.2. The fourth-order valence-electron chi connectivity index (χ4n) is 3.74. The number of fused-ring (bicyclic) bond motifs is 1. The van der Waals surface area contributed by atoms with Gasteiger partial charge in [0, 0.05) is 5.39 Å². The summed E-state index contributed by atoms with van der Waals surface area (Å²) in [6.07, 6.45) is 0. The van der Waals surface area contributed by atoms with Crippen LogP contribution < -0.4 is 9.16 Å².